The molecule has 98 valence electrons. The van der Waals surface area contributed by atoms with Gasteiger partial charge in [0.1, 0.15) is 0 Å². The average molecular weight is 258 g/mol. The van der Waals surface area contributed by atoms with Gasteiger partial charge in [-0.2, -0.15) is 13.2 Å². The number of carboxylic acids is 1. The summed E-state index contributed by atoms with van der Waals surface area (Å²) in [6.07, 6.45) is -3.32. The molecule has 5 heteroatoms. The van der Waals surface area contributed by atoms with Crippen molar-refractivity contribution in [2.24, 2.45) is 0 Å². The Bertz CT molecular complexity index is 487. The summed E-state index contributed by atoms with van der Waals surface area (Å²) in [6, 6.07) is 3.81. The first-order chi connectivity index (χ1) is 8.29. The van der Waals surface area contributed by atoms with Gasteiger partial charge in [0.15, 0.2) is 0 Å². The maximum Gasteiger partial charge on any atom is 0.416 e. The van der Waals surface area contributed by atoms with E-state index in [2.05, 4.69) is 0 Å². The number of hydrogen-bond acceptors (Lipinski definition) is 1. The van der Waals surface area contributed by atoms with Gasteiger partial charge in [0.25, 0.3) is 0 Å². The third-order valence-corrected chi connectivity index (χ3v) is 3.67. The Morgan fingerprint density at radius 1 is 1.33 bits per heavy atom. The van der Waals surface area contributed by atoms with Crippen LogP contribution in [-0.2, 0) is 16.4 Å². The molecule has 1 aliphatic carbocycles. The summed E-state index contributed by atoms with van der Waals surface area (Å²) in [7, 11) is 0. The van der Waals surface area contributed by atoms with Crippen molar-refractivity contribution in [1.82, 2.24) is 0 Å². The number of rotatable bonds is 2. The highest BCUT2D eigenvalue weighted by atomic mass is 19.4. The second-order valence-electron chi connectivity index (χ2n) is 4.74. The van der Waals surface area contributed by atoms with E-state index >= 15 is 0 Å². The quantitative estimate of drug-likeness (QED) is 0.881. The SMILES string of the molecule is Cc1cccc(C(F)(F)F)c1C1(C(=O)O)CCC1. The average Bonchev–Trinajstić information content (AvgIpc) is 2.16. The summed E-state index contributed by atoms with van der Waals surface area (Å²) >= 11 is 0. The summed E-state index contributed by atoms with van der Waals surface area (Å²) in [5.41, 5.74) is -1.83. The van der Waals surface area contributed by atoms with Crippen LogP contribution in [0.4, 0.5) is 13.2 Å². The summed E-state index contributed by atoms with van der Waals surface area (Å²) in [6.45, 7) is 1.54. The van der Waals surface area contributed by atoms with Gasteiger partial charge in [0.05, 0.1) is 11.0 Å². The first-order valence-electron chi connectivity index (χ1n) is 5.70. The molecular formula is C13H13F3O2. The minimum atomic E-state index is -4.51. The van der Waals surface area contributed by atoms with E-state index in [-0.39, 0.29) is 18.4 Å². The maximum atomic E-state index is 13.0. The van der Waals surface area contributed by atoms with Crippen LogP contribution in [0.15, 0.2) is 18.2 Å². The minimum Gasteiger partial charge on any atom is -0.481 e. The van der Waals surface area contributed by atoms with Crippen LogP contribution in [0.25, 0.3) is 0 Å². The molecule has 1 aromatic carbocycles. The molecule has 1 aromatic rings. The van der Waals surface area contributed by atoms with Crippen LogP contribution in [0.1, 0.15) is 36.0 Å². The van der Waals surface area contributed by atoms with Crippen molar-refractivity contribution >= 4 is 5.97 Å². The van der Waals surface area contributed by atoms with Crippen molar-refractivity contribution in [2.75, 3.05) is 0 Å². The van der Waals surface area contributed by atoms with Crippen molar-refractivity contribution in [3.63, 3.8) is 0 Å². The number of alkyl halides is 3. The molecule has 2 nitrogen and oxygen atoms in total. The molecule has 0 unspecified atom stereocenters. The summed E-state index contributed by atoms with van der Waals surface area (Å²) in [4.78, 5) is 11.4. The van der Waals surface area contributed by atoms with E-state index in [0.717, 1.165) is 6.07 Å². The Hall–Kier alpha value is -1.52. The predicted octanol–water partition coefficient (Wildman–Crippen LogP) is 3.52. The first-order valence-corrected chi connectivity index (χ1v) is 5.70. The predicted molar refractivity (Wildman–Crippen MR) is 59.3 cm³/mol. The fourth-order valence-electron chi connectivity index (χ4n) is 2.64. The highest BCUT2D eigenvalue weighted by Gasteiger charge is 2.51. The summed E-state index contributed by atoms with van der Waals surface area (Å²) in [5.74, 6) is -1.16. The van der Waals surface area contributed by atoms with E-state index in [1.807, 2.05) is 0 Å². The smallest absolute Gasteiger partial charge is 0.416 e. The molecular weight excluding hydrogens is 245 g/mol. The van der Waals surface area contributed by atoms with E-state index in [1.165, 1.54) is 19.1 Å². The Morgan fingerprint density at radius 2 is 1.94 bits per heavy atom. The lowest BCUT2D eigenvalue weighted by atomic mass is 9.62. The van der Waals surface area contributed by atoms with Crippen LogP contribution in [0.5, 0.6) is 0 Å². The van der Waals surface area contributed by atoms with Gasteiger partial charge < -0.3 is 5.11 Å². The summed E-state index contributed by atoms with van der Waals surface area (Å²) < 4.78 is 39.0. The zero-order valence-electron chi connectivity index (χ0n) is 9.84. The van der Waals surface area contributed by atoms with Crippen LogP contribution in [0.3, 0.4) is 0 Å². The lowest BCUT2D eigenvalue weighted by Gasteiger charge is -2.40. The monoisotopic (exact) mass is 258 g/mol. The molecule has 0 atom stereocenters. The molecule has 0 aromatic heterocycles. The molecule has 1 fully saturated rings. The third-order valence-electron chi connectivity index (χ3n) is 3.67. The second-order valence-corrected chi connectivity index (χ2v) is 4.74. The van der Waals surface area contributed by atoms with E-state index < -0.39 is 23.1 Å². The topological polar surface area (TPSA) is 37.3 Å². The highest BCUT2D eigenvalue weighted by Crippen LogP contribution is 2.49. The molecule has 0 amide bonds. The van der Waals surface area contributed by atoms with Gasteiger partial charge in [0.2, 0.25) is 0 Å². The van der Waals surface area contributed by atoms with Gasteiger partial charge in [-0.3, -0.25) is 4.79 Å². The number of carboxylic acid groups (broad SMARTS) is 1. The molecule has 0 saturated heterocycles. The van der Waals surface area contributed by atoms with Crippen molar-refractivity contribution < 1.29 is 23.1 Å². The fourth-order valence-corrected chi connectivity index (χ4v) is 2.64. The molecule has 1 N–H and O–H groups in total. The number of hydrogen-bond donors (Lipinski definition) is 1. The zero-order valence-corrected chi connectivity index (χ0v) is 9.84. The van der Waals surface area contributed by atoms with Gasteiger partial charge >= 0.3 is 12.1 Å². The molecule has 1 saturated carbocycles. The lowest BCUT2D eigenvalue weighted by molar-refractivity contribution is -0.149. The highest BCUT2D eigenvalue weighted by molar-refractivity contribution is 5.84. The number of halogens is 3. The first kappa shape index (κ1) is 12.9. The zero-order chi connectivity index (χ0) is 13.6. The molecule has 1 aliphatic rings. The van der Waals surface area contributed by atoms with Gasteiger partial charge in [-0.25, -0.2) is 0 Å². The minimum absolute atomic E-state index is 0.0590. The van der Waals surface area contributed by atoms with E-state index in [0.29, 0.717) is 12.0 Å². The number of benzene rings is 1. The number of carbonyl (C=O) groups is 1. The van der Waals surface area contributed by atoms with E-state index in [4.69, 9.17) is 0 Å². The largest absolute Gasteiger partial charge is 0.481 e. The van der Waals surface area contributed by atoms with E-state index in [9.17, 15) is 23.1 Å². The van der Waals surface area contributed by atoms with Crippen LogP contribution in [0, 0.1) is 6.92 Å². The van der Waals surface area contributed by atoms with Crippen molar-refractivity contribution in [1.29, 1.82) is 0 Å². The molecule has 0 aliphatic heterocycles. The maximum absolute atomic E-state index is 13.0. The van der Waals surface area contributed by atoms with E-state index in [1.54, 1.807) is 0 Å². The van der Waals surface area contributed by atoms with Crippen LogP contribution >= 0.6 is 0 Å². The molecule has 2 rings (SSSR count). The Labute approximate surface area is 102 Å². The normalized spacial score (nSPS) is 18.2. The molecule has 0 heterocycles. The molecule has 0 spiro atoms. The molecule has 18 heavy (non-hydrogen) atoms. The van der Waals surface area contributed by atoms with Crippen molar-refractivity contribution in [2.45, 2.75) is 37.8 Å². The van der Waals surface area contributed by atoms with Gasteiger partial charge in [-0.05, 0) is 37.0 Å². The fraction of sp³-hybridized carbons (Fsp3) is 0.462. The van der Waals surface area contributed by atoms with Gasteiger partial charge in [-0.15, -0.1) is 0 Å². The number of aryl methyl sites for hydroxylation is 1. The van der Waals surface area contributed by atoms with Crippen LogP contribution < -0.4 is 0 Å². The van der Waals surface area contributed by atoms with Crippen molar-refractivity contribution in [3.8, 4) is 0 Å². The second kappa shape index (κ2) is 4.00. The summed E-state index contributed by atoms with van der Waals surface area (Å²) in [5, 5.41) is 9.28. The van der Waals surface area contributed by atoms with Crippen LogP contribution in [0.2, 0.25) is 0 Å². The van der Waals surface area contributed by atoms with Gasteiger partial charge in [0, 0.05) is 0 Å². The molecule has 0 radical (unpaired) electrons. The molecule has 0 bridgehead atoms. The van der Waals surface area contributed by atoms with Gasteiger partial charge in [-0.1, -0.05) is 18.6 Å². The van der Waals surface area contributed by atoms with Crippen LogP contribution in [-0.4, -0.2) is 11.1 Å². The Balaban J connectivity index is 2.66. The standard InChI is InChI=1S/C13H13F3O2/c1-8-4-2-5-9(13(14,15)16)10(8)12(11(17)18)6-3-7-12/h2,4-5H,3,6-7H2,1H3,(H,17,18). The third kappa shape index (κ3) is 1.78. The lowest BCUT2D eigenvalue weighted by Crippen LogP contribution is -2.44. The number of aliphatic carboxylic acids is 1. The van der Waals surface area contributed by atoms with Crippen molar-refractivity contribution in [3.05, 3.63) is 34.9 Å². The Morgan fingerprint density at radius 3 is 2.33 bits per heavy atom. The Kier molecular flexibility index (Phi) is 2.87.